The molecule has 0 bridgehead atoms. The van der Waals surface area contributed by atoms with Crippen molar-refractivity contribution in [1.29, 1.82) is 0 Å². The first-order chi connectivity index (χ1) is 18.3. The Balaban J connectivity index is 1.31. The summed E-state index contributed by atoms with van der Waals surface area (Å²) in [6.07, 6.45) is 5.02. The van der Waals surface area contributed by atoms with Gasteiger partial charge in [-0.1, -0.05) is 18.2 Å². The Kier molecular flexibility index (Phi) is 6.78. The maximum Gasteiger partial charge on any atom is 0.248 e. The number of pyridine rings is 1. The minimum atomic E-state index is -2.62. The van der Waals surface area contributed by atoms with E-state index in [1.807, 2.05) is 12.1 Å². The number of nitrogens with zero attached hydrogens (tertiary/aromatic N) is 1. The van der Waals surface area contributed by atoms with E-state index in [9.17, 15) is 18.0 Å². The smallest absolute Gasteiger partial charge is 0.248 e. The van der Waals surface area contributed by atoms with E-state index < -0.39 is 5.92 Å². The predicted molar refractivity (Wildman–Crippen MR) is 138 cm³/mol. The predicted octanol–water partition coefficient (Wildman–Crippen LogP) is 4.32. The molecule has 2 saturated heterocycles. The van der Waals surface area contributed by atoms with Crippen molar-refractivity contribution < 1.29 is 28.3 Å². The number of piperidine rings is 1. The van der Waals surface area contributed by atoms with E-state index in [2.05, 4.69) is 34.3 Å². The first-order valence-corrected chi connectivity index (χ1v) is 14.5. The number of hydrogen-bond donors (Lipinski definition) is 1. The highest BCUT2D eigenvalue weighted by Gasteiger charge is 2.56. The summed E-state index contributed by atoms with van der Waals surface area (Å²) in [4.78, 5) is 20.1. The molecule has 0 unspecified atom stereocenters. The van der Waals surface area contributed by atoms with Crippen molar-refractivity contribution in [1.82, 2.24) is 4.90 Å². The molecule has 6 rings (SSSR count). The van der Waals surface area contributed by atoms with E-state index in [-0.39, 0.29) is 53.8 Å². The lowest BCUT2D eigenvalue weighted by atomic mass is 9.64. The second-order valence-corrected chi connectivity index (χ2v) is 12.4. The molecule has 4 atom stereocenters. The monoisotopic (exact) mass is 527 g/mol. The van der Waals surface area contributed by atoms with Crippen LogP contribution in [0.4, 0.5) is 13.2 Å². The lowest BCUT2D eigenvalue weighted by Gasteiger charge is -2.47. The van der Waals surface area contributed by atoms with Gasteiger partial charge in [0.15, 0.2) is 11.4 Å². The van der Waals surface area contributed by atoms with Gasteiger partial charge in [0.05, 0.1) is 18.5 Å². The molecular formula is C31H40F3N3O+2. The van der Waals surface area contributed by atoms with E-state index in [4.69, 9.17) is 0 Å². The van der Waals surface area contributed by atoms with Gasteiger partial charge in [-0.3, -0.25) is 4.79 Å². The Hall–Kier alpha value is -2.41. The van der Waals surface area contributed by atoms with Crippen LogP contribution in [0.2, 0.25) is 0 Å². The molecule has 1 amide bonds. The lowest BCUT2D eigenvalue weighted by molar-refractivity contribution is -0.640. The number of quaternary nitrogens is 1. The van der Waals surface area contributed by atoms with Gasteiger partial charge >= 0.3 is 0 Å². The summed E-state index contributed by atoms with van der Waals surface area (Å²) in [6, 6.07) is 11.1. The fraction of sp³-hybridized carbons (Fsp3) is 0.613. The van der Waals surface area contributed by atoms with Gasteiger partial charge < -0.3 is 10.2 Å². The SMILES string of the molecule is Cc1ccc2c([nH+]1)CCC[C@]21C[NH2+]C[C@H]1C(=O)N1CC[C@@H](c2ccccc2F)C[C@H]1C1CCC(F)(F)CC1. The molecule has 7 heteroatoms. The number of amides is 1. The first kappa shape index (κ1) is 25.8. The average Bonchev–Trinajstić information content (AvgIpc) is 3.32. The fourth-order valence-electron chi connectivity index (χ4n) is 8.28. The molecule has 1 aromatic carbocycles. The van der Waals surface area contributed by atoms with Crippen molar-refractivity contribution >= 4 is 5.91 Å². The number of nitrogens with one attached hydrogen (secondary N) is 1. The zero-order chi connectivity index (χ0) is 26.5. The van der Waals surface area contributed by atoms with Gasteiger partial charge in [-0.15, -0.1) is 0 Å². The standard InChI is InChI=1S/C31H38F3N3O/c1-20-8-9-24-27(36-20)7-4-13-30(24)19-35-18-25(30)29(38)37-16-12-22(23-5-2-3-6-26(23)32)17-28(37)21-10-14-31(33,34)15-11-21/h2-3,5-6,8-9,21-22,25,28,35H,4,7,10-19H2,1H3/p+2/t22-,25+,28+,30+/m1/s1. The normalized spacial score (nSPS) is 31.4. The Morgan fingerprint density at radius 2 is 1.87 bits per heavy atom. The van der Waals surface area contributed by atoms with Gasteiger partial charge in [0.25, 0.3) is 0 Å². The number of nitrogens with two attached hydrogens (primary N) is 1. The van der Waals surface area contributed by atoms with Crippen molar-refractivity contribution in [2.24, 2.45) is 11.8 Å². The highest BCUT2D eigenvalue weighted by Crippen LogP contribution is 2.47. The van der Waals surface area contributed by atoms with E-state index in [1.54, 1.807) is 6.07 Å². The number of alkyl halides is 2. The third-order valence-corrected chi connectivity index (χ3v) is 10.2. The average molecular weight is 528 g/mol. The minimum absolute atomic E-state index is 0.00442. The summed E-state index contributed by atoms with van der Waals surface area (Å²) >= 11 is 0. The van der Waals surface area contributed by atoms with E-state index >= 15 is 0 Å². The third kappa shape index (κ3) is 4.55. The van der Waals surface area contributed by atoms with Gasteiger partial charge in [0.2, 0.25) is 11.8 Å². The molecule has 2 aliphatic heterocycles. The van der Waals surface area contributed by atoms with Crippen LogP contribution >= 0.6 is 0 Å². The molecule has 3 heterocycles. The summed E-state index contributed by atoms with van der Waals surface area (Å²) in [7, 11) is 0. The Labute approximate surface area is 223 Å². The van der Waals surface area contributed by atoms with Crippen LogP contribution in [0.15, 0.2) is 36.4 Å². The zero-order valence-corrected chi connectivity index (χ0v) is 22.3. The number of carbonyl (C=O) groups is 1. The maximum absolute atomic E-state index is 14.8. The highest BCUT2D eigenvalue weighted by atomic mass is 19.3. The molecule has 2 aliphatic carbocycles. The lowest BCUT2D eigenvalue weighted by Crippen LogP contribution is -2.82. The third-order valence-electron chi connectivity index (χ3n) is 10.2. The summed E-state index contributed by atoms with van der Waals surface area (Å²) in [6.45, 7) is 4.30. The van der Waals surface area contributed by atoms with Crippen molar-refractivity contribution in [2.75, 3.05) is 19.6 Å². The molecule has 1 spiro atoms. The van der Waals surface area contributed by atoms with Crippen LogP contribution in [0.5, 0.6) is 0 Å². The first-order valence-electron chi connectivity index (χ1n) is 14.5. The quantitative estimate of drug-likeness (QED) is 0.635. The number of rotatable bonds is 3. The van der Waals surface area contributed by atoms with Gasteiger partial charge in [-0.05, 0) is 68.1 Å². The van der Waals surface area contributed by atoms with Crippen molar-refractivity contribution in [3.8, 4) is 0 Å². The van der Waals surface area contributed by atoms with Gasteiger partial charge in [-0.25, -0.2) is 18.2 Å². The number of aryl methyl sites for hydroxylation is 2. The number of benzene rings is 1. The van der Waals surface area contributed by atoms with Crippen molar-refractivity contribution in [2.45, 2.75) is 88.0 Å². The molecule has 4 aliphatic rings. The molecule has 2 aromatic rings. The number of aromatic nitrogens is 1. The number of carbonyl (C=O) groups excluding carboxylic acids is 1. The number of aromatic amines is 1. The maximum atomic E-state index is 14.8. The highest BCUT2D eigenvalue weighted by molar-refractivity contribution is 5.82. The summed E-state index contributed by atoms with van der Waals surface area (Å²) in [5, 5.41) is 2.29. The molecule has 3 fully saturated rings. The van der Waals surface area contributed by atoms with Crippen molar-refractivity contribution in [3.05, 3.63) is 64.7 Å². The Morgan fingerprint density at radius 1 is 1.08 bits per heavy atom. The molecule has 38 heavy (non-hydrogen) atoms. The molecule has 1 aromatic heterocycles. The number of fused-ring (bicyclic) bond motifs is 2. The zero-order valence-electron chi connectivity index (χ0n) is 22.3. The summed E-state index contributed by atoms with van der Waals surface area (Å²) in [5.41, 5.74) is 4.19. The van der Waals surface area contributed by atoms with Crippen LogP contribution < -0.4 is 10.3 Å². The van der Waals surface area contributed by atoms with Crippen LogP contribution in [-0.2, 0) is 16.6 Å². The number of H-pyrrole nitrogens is 1. The molecule has 204 valence electrons. The van der Waals surface area contributed by atoms with Gasteiger partial charge in [0, 0.05) is 50.4 Å². The molecular weight excluding hydrogens is 487 g/mol. The van der Waals surface area contributed by atoms with Crippen LogP contribution in [0.25, 0.3) is 0 Å². The van der Waals surface area contributed by atoms with Crippen LogP contribution in [0.3, 0.4) is 0 Å². The molecule has 1 saturated carbocycles. The number of likely N-dealkylation sites (tertiary alicyclic amines) is 1. The Morgan fingerprint density at radius 3 is 2.66 bits per heavy atom. The largest absolute Gasteiger partial charge is 0.345 e. The molecule has 0 radical (unpaired) electrons. The van der Waals surface area contributed by atoms with Crippen LogP contribution in [0.1, 0.15) is 79.8 Å². The van der Waals surface area contributed by atoms with Crippen LogP contribution in [0, 0.1) is 24.6 Å². The van der Waals surface area contributed by atoms with E-state index in [0.29, 0.717) is 37.8 Å². The second kappa shape index (κ2) is 9.96. The Bertz CT molecular complexity index is 1190. The second-order valence-electron chi connectivity index (χ2n) is 12.4. The van der Waals surface area contributed by atoms with E-state index in [1.165, 1.54) is 17.3 Å². The summed E-state index contributed by atoms with van der Waals surface area (Å²) < 4.78 is 43.0. The molecule has 3 N–H and O–H groups in total. The van der Waals surface area contributed by atoms with Gasteiger partial charge in [0.1, 0.15) is 11.7 Å². The number of halogens is 3. The topological polar surface area (TPSA) is 51.1 Å². The van der Waals surface area contributed by atoms with Crippen LogP contribution in [-0.4, -0.2) is 42.4 Å². The summed E-state index contributed by atoms with van der Waals surface area (Å²) in [5.74, 6) is -2.73. The van der Waals surface area contributed by atoms with E-state index in [0.717, 1.165) is 38.0 Å². The minimum Gasteiger partial charge on any atom is -0.345 e. The molecule has 4 nitrogen and oxygen atoms in total. The number of hydrogen-bond acceptors (Lipinski definition) is 1. The van der Waals surface area contributed by atoms with Gasteiger partial charge in [-0.2, -0.15) is 0 Å². The van der Waals surface area contributed by atoms with Crippen molar-refractivity contribution in [3.63, 3.8) is 0 Å². The fourth-order valence-corrected chi connectivity index (χ4v) is 8.28.